The van der Waals surface area contributed by atoms with Crippen molar-refractivity contribution in [2.75, 3.05) is 13.7 Å². The topological polar surface area (TPSA) is 34.1 Å². The van der Waals surface area contributed by atoms with Gasteiger partial charge in [0, 0.05) is 17.1 Å². The van der Waals surface area contributed by atoms with Crippen LogP contribution >= 0.6 is 11.3 Å². The molecule has 1 aromatic carbocycles. The van der Waals surface area contributed by atoms with E-state index in [0.29, 0.717) is 6.04 Å². The molecule has 1 unspecified atom stereocenters. The highest BCUT2D eigenvalue weighted by Crippen LogP contribution is 2.16. The molecule has 1 aromatic heterocycles. The van der Waals surface area contributed by atoms with Gasteiger partial charge in [-0.1, -0.05) is 12.1 Å². The van der Waals surface area contributed by atoms with E-state index in [1.54, 1.807) is 18.4 Å². The number of rotatable bonds is 6. The maximum absolute atomic E-state index is 5.21. The van der Waals surface area contributed by atoms with E-state index in [4.69, 9.17) is 4.74 Å². The molecule has 0 spiro atoms. The van der Waals surface area contributed by atoms with E-state index in [0.717, 1.165) is 18.7 Å². The van der Waals surface area contributed by atoms with E-state index >= 15 is 0 Å². The number of benzene rings is 1. The second-order valence-electron chi connectivity index (χ2n) is 4.18. The summed E-state index contributed by atoms with van der Waals surface area (Å²) < 4.78 is 5.21. The normalized spacial score (nSPS) is 12.3. The molecule has 2 aromatic rings. The zero-order valence-electron chi connectivity index (χ0n) is 10.7. The average molecular weight is 262 g/mol. The molecule has 0 amide bonds. The molecular formula is C14H18N2OS. The molecule has 96 valence electrons. The Kier molecular flexibility index (Phi) is 4.73. The fourth-order valence-electron chi connectivity index (χ4n) is 1.80. The monoisotopic (exact) mass is 262 g/mol. The molecule has 0 aliphatic heterocycles. The van der Waals surface area contributed by atoms with Gasteiger partial charge in [-0.25, -0.2) is 0 Å². The van der Waals surface area contributed by atoms with Crippen molar-refractivity contribution in [3.8, 4) is 5.75 Å². The van der Waals surface area contributed by atoms with E-state index in [1.165, 1.54) is 10.4 Å². The minimum absolute atomic E-state index is 0.364. The van der Waals surface area contributed by atoms with Gasteiger partial charge in [-0.3, -0.25) is 4.98 Å². The smallest absolute Gasteiger partial charge is 0.119 e. The minimum Gasteiger partial charge on any atom is -0.497 e. The Labute approximate surface area is 112 Å². The summed E-state index contributed by atoms with van der Waals surface area (Å²) in [6, 6.07) is 8.57. The molecule has 0 saturated carbocycles. The molecule has 18 heavy (non-hydrogen) atoms. The number of nitrogens with zero attached hydrogens (tertiary/aromatic N) is 1. The minimum atomic E-state index is 0.364. The number of hydrogen-bond acceptors (Lipinski definition) is 4. The first-order chi connectivity index (χ1) is 8.79. The Bertz CT molecular complexity index is 470. The van der Waals surface area contributed by atoms with Crippen LogP contribution < -0.4 is 10.1 Å². The Morgan fingerprint density at radius 1 is 1.44 bits per heavy atom. The third-order valence-electron chi connectivity index (χ3n) is 2.88. The Morgan fingerprint density at radius 3 is 3.06 bits per heavy atom. The first-order valence-electron chi connectivity index (χ1n) is 6.04. The van der Waals surface area contributed by atoms with Crippen LogP contribution in [0.3, 0.4) is 0 Å². The van der Waals surface area contributed by atoms with Crippen LogP contribution in [0.15, 0.2) is 36.0 Å². The molecule has 1 heterocycles. The lowest BCUT2D eigenvalue weighted by molar-refractivity contribution is 0.414. The first kappa shape index (κ1) is 13.1. The molecule has 0 aliphatic carbocycles. The first-order valence-corrected chi connectivity index (χ1v) is 6.92. The van der Waals surface area contributed by atoms with Crippen LogP contribution in [0.5, 0.6) is 5.75 Å². The van der Waals surface area contributed by atoms with Crippen LogP contribution in [0.1, 0.15) is 23.4 Å². The summed E-state index contributed by atoms with van der Waals surface area (Å²) in [7, 11) is 1.70. The maximum atomic E-state index is 5.21. The van der Waals surface area contributed by atoms with Gasteiger partial charge in [-0.2, -0.15) is 0 Å². The van der Waals surface area contributed by atoms with Gasteiger partial charge in [0.1, 0.15) is 5.75 Å². The van der Waals surface area contributed by atoms with Gasteiger partial charge in [-0.15, -0.1) is 11.3 Å². The van der Waals surface area contributed by atoms with Crippen molar-refractivity contribution in [2.24, 2.45) is 0 Å². The Morgan fingerprint density at radius 2 is 2.33 bits per heavy atom. The van der Waals surface area contributed by atoms with Crippen LogP contribution in [-0.2, 0) is 6.42 Å². The summed E-state index contributed by atoms with van der Waals surface area (Å²) in [5.41, 5.74) is 3.16. The SMILES string of the molecule is COc1cccc(CCNC(C)c2cncs2)c1. The highest BCUT2D eigenvalue weighted by atomic mass is 32.1. The molecule has 0 bridgehead atoms. The second-order valence-corrected chi connectivity index (χ2v) is 5.10. The van der Waals surface area contributed by atoms with Crippen molar-refractivity contribution in [2.45, 2.75) is 19.4 Å². The molecule has 0 saturated heterocycles. The van der Waals surface area contributed by atoms with Gasteiger partial charge >= 0.3 is 0 Å². The van der Waals surface area contributed by atoms with Crippen LogP contribution in [0.25, 0.3) is 0 Å². The zero-order chi connectivity index (χ0) is 12.8. The number of hydrogen-bond donors (Lipinski definition) is 1. The number of methoxy groups -OCH3 is 1. The number of thiazole rings is 1. The highest BCUT2D eigenvalue weighted by molar-refractivity contribution is 7.09. The lowest BCUT2D eigenvalue weighted by Crippen LogP contribution is -2.20. The van der Waals surface area contributed by atoms with Crippen molar-refractivity contribution >= 4 is 11.3 Å². The van der Waals surface area contributed by atoms with Gasteiger partial charge in [0.15, 0.2) is 0 Å². The molecule has 1 N–H and O–H groups in total. The predicted molar refractivity (Wildman–Crippen MR) is 75.2 cm³/mol. The van der Waals surface area contributed by atoms with E-state index < -0.39 is 0 Å². The summed E-state index contributed by atoms with van der Waals surface area (Å²) in [6.07, 6.45) is 2.92. The predicted octanol–water partition coefficient (Wildman–Crippen LogP) is 3.05. The van der Waals surface area contributed by atoms with Gasteiger partial charge in [0.05, 0.1) is 12.6 Å². The van der Waals surface area contributed by atoms with E-state index in [-0.39, 0.29) is 0 Å². The summed E-state index contributed by atoms with van der Waals surface area (Å²) in [4.78, 5) is 5.37. The molecule has 1 atom stereocenters. The maximum Gasteiger partial charge on any atom is 0.119 e. The number of nitrogens with one attached hydrogen (secondary N) is 1. The third-order valence-corrected chi connectivity index (χ3v) is 3.83. The van der Waals surface area contributed by atoms with Gasteiger partial charge in [0.2, 0.25) is 0 Å². The second kappa shape index (κ2) is 6.52. The summed E-state index contributed by atoms with van der Waals surface area (Å²) >= 11 is 1.69. The van der Waals surface area contributed by atoms with Crippen molar-refractivity contribution in [1.82, 2.24) is 10.3 Å². The van der Waals surface area contributed by atoms with Crippen molar-refractivity contribution in [3.05, 3.63) is 46.4 Å². The largest absolute Gasteiger partial charge is 0.497 e. The summed E-state index contributed by atoms with van der Waals surface area (Å²) in [5.74, 6) is 0.919. The van der Waals surface area contributed by atoms with E-state index in [9.17, 15) is 0 Å². The number of aromatic nitrogens is 1. The zero-order valence-corrected chi connectivity index (χ0v) is 11.5. The van der Waals surface area contributed by atoms with Crippen LogP contribution in [0, 0.1) is 0 Å². The molecular weight excluding hydrogens is 244 g/mol. The molecule has 3 nitrogen and oxygen atoms in total. The van der Waals surface area contributed by atoms with E-state index in [1.807, 2.05) is 23.8 Å². The number of ether oxygens (including phenoxy) is 1. The fourth-order valence-corrected chi connectivity index (χ4v) is 2.45. The molecule has 0 fully saturated rings. The van der Waals surface area contributed by atoms with Crippen molar-refractivity contribution < 1.29 is 4.74 Å². The Hall–Kier alpha value is -1.39. The van der Waals surface area contributed by atoms with Crippen LogP contribution in [-0.4, -0.2) is 18.6 Å². The quantitative estimate of drug-likeness (QED) is 0.869. The van der Waals surface area contributed by atoms with Crippen molar-refractivity contribution in [3.63, 3.8) is 0 Å². The van der Waals surface area contributed by atoms with Crippen molar-refractivity contribution in [1.29, 1.82) is 0 Å². The third kappa shape index (κ3) is 3.55. The lowest BCUT2D eigenvalue weighted by atomic mass is 10.1. The Balaban J connectivity index is 1.81. The molecule has 0 radical (unpaired) electrons. The fraction of sp³-hybridized carbons (Fsp3) is 0.357. The van der Waals surface area contributed by atoms with Crippen LogP contribution in [0.4, 0.5) is 0 Å². The highest BCUT2D eigenvalue weighted by Gasteiger charge is 2.05. The average Bonchev–Trinajstić information content (AvgIpc) is 2.93. The van der Waals surface area contributed by atoms with Crippen LogP contribution in [0.2, 0.25) is 0 Å². The standard InChI is InChI=1S/C14H18N2OS/c1-11(14-9-15-10-18-14)16-7-6-12-4-3-5-13(8-12)17-2/h3-5,8-11,16H,6-7H2,1-2H3. The molecule has 4 heteroatoms. The van der Waals surface area contributed by atoms with Gasteiger partial charge < -0.3 is 10.1 Å². The summed E-state index contributed by atoms with van der Waals surface area (Å²) in [5, 5.41) is 3.50. The molecule has 2 rings (SSSR count). The van der Waals surface area contributed by atoms with Gasteiger partial charge in [0.25, 0.3) is 0 Å². The van der Waals surface area contributed by atoms with Gasteiger partial charge in [-0.05, 0) is 37.6 Å². The lowest BCUT2D eigenvalue weighted by Gasteiger charge is -2.11. The van der Waals surface area contributed by atoms with E-state index in [2.05, 4.69) is 29.4 Å². The summed E-state index contributed by atoms with van der Waals surface area (Å²) in [6.45, 7) is 3.12. The molecule has 0 aliphatic rings.